The Bertz CT molecular complexity index is 196. The molecule has 0 bridgehead atoms. The summed E-state index contributed by atoms with van der Waals surface area (Å²) in [6.45, 7) is 0.993. The summed E-state index contributed by atoms with van der Waals surface area (Å²) in [4.78, 5) is 11.0. The van der Waals surface area contributed by atoms with Crippen LogP contribution in [0.4, 0.5) is 0 Å². The molecule has 0 spiro atoms. The summed E-state index contributed by atoms with van der Waals surface area (Å²) in [6.07, 6.45) is 6.28. The summed E-state index contributed by atoms with van der Waals surface area (Å²) in [5, 5.41) is 15.5. The topological polar surface area (TPSA) is 61.4 Å². The molecule has 0 unspecified atom stereocenters. The van der Waals surface area contributed by atoms with Crippen LogP contribution in [0.5, 0.6) is 0 Å². The van der Waals surface area contributed by atoms with Gasteiger partial charge in [-0.05, 0) is 44.2 Å². The fourth-order valence-corrected chi connectivity index (χ4v) is 2.22. The number of thioether (sulfide) groups is 1. The van der Waals surface area contributed by atoms with Crippen molar-refractivity contribution in [1.29, 1.82) is 0 Å². The van der Waals surface area contributed by atoms with Gasteiger partial charge in [-0.15, -0.1) is 0 Å². The molecule has 0 aromatic rings. The van der Waals surface area contributed by atoms with E-state index in [-0.39, 0.29) is 6.17 Å². The molecular weight excluding hydrogens is 212 g/mol. The van der Waals surface area contributed by atoms with Gasteiger partial charge in [0.15, 0.2) is 0 Å². The summed E-state index contributed by atoms with van der Waals surface area (Å²) < 4.78 is 0. The van der Waals surface area contributed by atoms with Gasteiger partial charge in [0.25, 0.3) is 0 Å². The second kappa shape index (κ2) is 7.09. The molecule has 1 rings (SSSR count). The van der Waals surface area contributed by atoms with Gasteiger partial charge in [0.05, 0.1) is 6.17 Å². The minimum absolute atomic E-state index is 0.182. The van der Waals surface area contributed by atoms with Gasteiger partial charge in [0.2, 0.25) is 0 Å². The molecule has 0 aromatic heterocycles. The van der Waals surface area contributed by atoms with E-state index in [1.165, 1.54) is 12.8 Å². The van der Waals surface area contributed by atoms with E-state index in [1.54, 1.807) is 11.8 Å². The molecule has 1 fully saturated rings. The zero-order valence-corrected chi connectivity index (χ0v) is 9.98. The van der Waals surface area contributed by atoms with Gasteiger partial charge in [0, 0.05) is 0 Å². The maximum Gasteiger partial charge on any atom is 0.320 e. The number of nitrogens with one attached hydrogen (secondary N) is 2. The lowest BCUT2D eigenvalue weighted by Crippen LogP contribution is -2.52. The average molecular weight is 232 g/mol. The standard InChI is InChI=1S/C10H20N2O2S/c1-15-7-5-8(10(13)14)12-9-4-2-3-6-11-9/h8-9,11-12H,2-7H2,1H3,(H,13,14)/t8-,9-/m0/s1. The third kappa shape index (κ3) is 4.86. The van der Waals surface area contributed by atoms with E-state index in [2.05, 4.69) is 10.6 Å². The highest BCUT2D eigenvalue weighted by molar-refractivity contribution is 7.98. The van der Waals surface area contributed by atoms with Crippen LogP contribution in [0.1, 0.15) is 25.7 Å². The lowest BCUT2D eigenvalue weighted by molar-refractivity contribution is -0.139. The molecule has 0 amide bonds. The molecule has 0 radical (unpaired) electrons. The Morgan fingerprint density at radius 1 is 1.67 bits per heavy atom. The van der Waals surface area contributed by atoms with Gasteiger partial charge in [-0.3, -0.25) is 10.1 Å². The quantitative estimate of drug-likeness (QED) is 0.634. The Labute approximate surface area is 95.2 Å². The number of rotatable bonds is 6. The van der Waals surface area contributed by atoms with E-state index < -0.39 is 12.0 Å². The Morgan fingerprint density at radius 3 is 3.00 bits per heavy atom. The Balaban J connectivity index is 2.31. The SMILES string of the molecule is CSCC[C@H](N[C@H]1CCCCN1)C(=O)O. The summed E-state index contributed by atoms with van der Waals surface area (Å²) in [5.74, 6) is 0.146. The molecule has 0 aliphatic carbocycles. The smallest absolute Gasteiger partial charge is 0.320 e. The maximum atomic E-state index is 11.0. The van der Waals surface area contributed by atoms with E-state index in [4.69, 9.17) is 5.11 Å². The second-order valence-corrected chi connectivity index (χ2v) is 4.83. The van der Waals surface area contributed by atoms with Crippen molar-refractivity contribution in [1.82, 2.24) is 10.6 Å². The van der Waals surface area contributed by atoms with Gasteiger partial charge in [-0.2, -0.15) is 11.8 Å². The lowest BCUT2D eigenvalue weighted by atomic mass is 10.1. The molecule has 1 aliphatic heterocycles. The molecule has 2 atom stereocenters. The van der Waals surface area contributed by atoms with Crippen molar-refractivity contribution in [3.63, 3.8) is 0 Å². The molecule has 4 nitrogen and oxygen atoms in total. The fraction of sp³-hybridized carbons (Fsp3) is 0.900. The summed E-state index contributed by atoms with van der Waals surface area (Å²) >= 11 is 1.69. The van der Waals surface area contributed by atoms with Gasteiger partial charge in [-0.25, -0.2) is 0 Å². The number of carboxylic acid groups (broad SMARTS) is 1. The van der Waals surface area contributed by atoms with Crippen LogP contribution in [0.15, 0.2) is 0 Å². The van der Waals surface area contributed by atoms with Crippen molar-refractivity contribution in [2.45, 2.75) is 37.9 Å². The number of hydrogen-bond donors (Lipinski definition) is 3. The van der Waals surface area contributed by atoms with E-state index >= 15 is 0 Å². The molecule has 0 saturated carbocycles. The predicted molar refractivity (Wildman–Crippen MR) is 63.2 cm³/mol. The lowest BCUT2D eigenvalue weighted by Gasteiger charge is -2.27. The largest absolute Gasteiger partial charge is 0.480 e. The minimum Gasteiger partial charge on any atom is -0.480 e. The second-order valence-electron chi connectivity index (χ2n) is 3.84. The average Bonchev–Trinajstić information content (AvgIpc) is 2.25. The third-order valence-corrected chi connectivity index (χ3v) is 3.27. The van der Waals surface area contributed by atoms with Crippen LogP contribution in [0, 0.1) is 0 Å². The summed E-state index contributed by atoms with van der Waals surface area (Å²) in [6, 6.07) is -0.409. The summed E-state index contributed by atoms with van der Waals surface area (Å²) in [5.41, 5.74) is 0. The van der Waals surface area contributed by atoms with Crippen LogP contribution in [0.25, 0.3) is 0 Å². The number of piperidine rings is 1. The molecular formula is C10H20N2O2S. The van der Waals surface area contributed by atoms with Gasteiger partial charge < -0.3 is 10.4 Å². The Morgan fingerprint density at radius 2 is 2.47 bits per heavy atom. The molecule has 3 N–H and O–H groups in total. The van der Waals surface area contributed by atoms with Crippen molar-refractivity contribution in [3.05, 3.63) is 0 Å². The van der Waals surface area contributed by atoms with Gasteiger partial charge >= 0.3 is 5.97 Å². The first kappa shape index (κ1) is 12.8. The number of hydrogen-bond acceptors (Lipinski definition) is 4. The molecule has 88 valence electrons. The van der Waals surface area contributed by atoms with Crippen LogP contribution >= 0.6 is 11.8 Å². The van der Waals surface area contributed by atoms with Crippen LogP contribution in [-0.2, 0) is 4.79 Å². The van der Waals surface area contributed by atoms with Crippen molar-refractivity contribution in [3.8, 4) is 0 Å². The first-order valence-corrected chi connectivity index (χ1v) is 6.84. The van der Waals surface area contributed by atoms with Crippen molar-refractivity contribution in [2.75, 3.05) is 18.6 Å². The maximum absolute atomic E-state index is 11.0. The van der Waals surface area contributed by atoms with Crippen molar-refractivity contribution in [2.24, 2.45) is 0 Å². The van der Waals surface area contributed by atoms with Crippen LogP contribution in [0.2, 0.25) is 0 Å². The number of carbonyl (C=O) groups is 1. The molecule has 5 heteroatoms. The number of aliphatic carboxylic acids is 1. The van der Waals surface area contributed by atoms with E-state index in [0.29, 0.717) is 6.42 Å². The van der Waals surface area contributed by atoms with Crippen LogP contribution in [0.3, 0.4) is 0 Å². The van der Waals surface area contributed by atoms with E-state index in [0.717, 1.165) is 18.7 Å². The zero-order chi connectivity index (χ0) is 11.1. The third-order valence-electron chi connectivity index (χ3n) is 2.62. The first-order chi connectivity index (χ1) is 7.24. The molecule has 1 saturated heterocycles. The fourth-order valence-electron chi connectivity index (χ4n) is 1.75. The Kier molecular flexibility index (Phi) is 6.05. The van der Waals surface area contributed by atoms with Gasteiger partial charge in [0.1, 0.15) is 6.04 Å². The number of carboxylic acids is 1. The minimum atomic E-state index is -0.739. The van der Waals surface area contributed by atoms with Crippen molar-refractivity contribution < 1.29 is 9.90 Å². The van der Waals surface area contributed by atoms with Crippen molar-refractivity contribution >= 4 is 17.7 Å². The van der Waals surface area contributed by atoms with E-state index in [1.807, 2.05) is 6.26 Å². The highest BCUT2D eigenvalue weighted by Gasteiger charge is 2.21. The Hall–Kier alpha value is -0.260. The predicted octanol–water partition coefficient (Wildman–Crippen LogP) is 0.882. The normalized spacial score (nSPS) is 23.7. The zero-order valence-electron chi connectivity index (χ0n) is 9.16. The molecule has 1 aliphatic rings. The molecule has 1 heterocycles. The monoisotopic (exact) mass is 232 g/mol. The van der Waals surface area contributed by atoms with E-state index in [9.17, 15) is 4.79 Å². The molecule has 0 aromatic carbocycles. The highest BCUT2D eigenvalue weighted by atomic mass is 32.2. The summed E-state index contributed by atoms with van der Waals surface area (Å²) in [7, 11) is 0. The van der Waals surface area contributed by atoms with Gasteiger partial charge in [-0.1, -0.05) is 0 Å². The van der Waals surface area contributed by atoms with Crippen LogP contribution in [-0.4, -0.2) is 41.8 Å². The first-order valence-electron chi connectivity index (χ1n) is 5.45. The highest BCUT2D eigenvalue weighted by Crippen LogP contribution is 2.07. The van der Waals surface area contributed by atoms with Crippen LogP contribution < -0.4 is 10.6 Å². The molecule has 15 heavy (non-hydrogen) atoms.